The molecule has 0 heterocycles. The molecule has 29 heavy (non-hydrogen) atoms. The van der Waals surface area contributed by atoms with Gasteiger partial charge in [-0.05, 0) is 48.2 Å². The monoisotopic (exact) mass is 416 g/mol. The van der Waals surface area contributed by atoms with Gasteiger partial charge in [-0.2, -0.15) is 0 Å². The lowest BCUT2D eigenvalue weighted by Gasteiger charge is -2.31. The van der Waals surface area contributed by atoms with E-state index in [1.807, 2.05) is 50.2 Å². The first kappa shape index (κ1) is 22.8. The zero-order chi connectivity index (χ0) is 21.2. The molecule has 6 heteroatoms. The Morgan fingerprint density at radius 1 is 1.10 bits per heavy atom. The van der Waals surface area contributed by atoms with Crippen molar-refractivity contribution in [3.8, 4) is 5.75 Å². The zero-order valence-corrected chi connectivity index (χ0v) is 18.0. The van der Waals surface area contributed by atoms with Gasteiger partial charge in [0.15, 0.2) is 0 Å². The maximum Gasteiger partial charge on any atom is 0.242 e. The summed E-state index contributed by atoms with van der Waals surface area (Å²) < 4.78 is 5.21. The minimum absolute atomic E-state index is 0.110. The number of ether oxygens (including phenoxy) is 1. The SMILES string of the molecule is CCCNC(=O)C(CC)N(Cc1ccc(OC)cc1)C(=O)Cc1cccc(Cl)c1. The number of halogens is 1. The lowest BCUT2D eigenvalue weighted by atomic mass is 10.1. The van der Waals surface area contributed by atoms with E-state index < -0.39 is 6.04 Å². The van der Waals surface area contributed by atoms with Gasteiger partial charge in [0.1, 0.15) is 11.8 Å². The van der Waals surface area contributed by atoms with Crippen molar-refractivity contribution in [1.82, 2.24) is 10.2 Å². The molecule has 1 unspecified atom stereocenters. The summed E-state index contributed by atoms with van der Waals surface area (Å²) in [6.45, 7) is 4.86. The van der Waals surface area contributed by atoms with Gasteiger partial charge in [-0.15, -0.1) is 0 Å². The van der Waals surface area contributed by atoms with Gasteiger partial charge < -0.3 is 15.0 Å². The van der Waals surface area contributed by atoms with Crippen molar-refractivity contribution < 1.29 is 14.3 Å². The average Bonchev–Trinajstić information content (AvgIpc) is 2.72. The van der Waals surface area contributed by atoms with Crippen molar-refractivity contribution in [2.75, 3.05) is 13.7 Å². The molecular formula is C23H29ClN2O3. The quantitative estimate of drug-likeness (QED) is 0.630. The summed E-state index contributed by atoms with van der Waals surface area (Å²) in [5.41, 5.74) is 1.76. The highest BCUT2D eigenvalue weighted by atomic mass is 35.5. The van der Waals surface area contributed by atoms with Crippen molar-refractivity contribution in [1.29, 1.82) is 0 Å². The van der Waals surface area contributed by atoms with Crippen LogP contribution in [0.3, 0.4) is 0 Å². The van der Waals surface area contributed by atoms with Crippen LogP contribution in [0.2, 0.25) is 5.02 Å². The molecule has 0 saturated carbocycles. The molecule has 0 radical (unpaired) electrons. The molecule has 0 aliphatic carbocycles. The van der Waals surface area contributed by atoms with Crippen LogP contribution in [0.15, 0.2) is 48.5 Å². The van der Waals surface area contributed by atoms with Crippen molar-refractivity contribution >= 4 is 23.4 Å². The molecule has 2 rings (SSSR count). The zero-order valence-electron chi connectivity index (χ0n) is 17.3. The third-order valence-electron chi connectivity index (χ3n) is 4.69. The van der Waals surface area contributed by atoms with E-state index in [9.17, 15) is 9.59 Å². The standard InChI is InChI=1S/C23H29ClN2O3/c1-4-13-25-23(28)21(5-2)26(16-17-9-11-20(29-3)12-10-17)22(27)15-18-7-6-8-19(24)14-18/h6-12,14,21H,4-5,13,15-16H2,1-3H3,(H,25,28). The molecule has 0 aromatic heterocycles. The summed E-state index contributed by atoms with van der Waals surface area (Å²) in [4.78, 5) is 27.6. The van der Waals surface area contributed by atoms with Crippen LogP contribution in [0.25, 0.3) is 0 Å². The van der Waals surface area contributed by atoms with E-state index in [-0.39, 0.29) is 18.2 Å². The topological polar surface area (TPSA) is 58.6 Å². The van der Waals surface area contributed by atoms with Gasteiger partial charge in [0.25, 0.3) is 0 Å². The molecule has 0 bridgehead atoms. The van der Waals surface area contributed by atoms with Crippen LogP contribution in [0.4, 0.5) is 0 Å². The smallest absolute Gasteiger partial charge is 0.242 e. The normalized spacial score (nSPS) is 11.6. The number of methoxy groups -OCH3 is 1. The maximum atomic E-state index is 13.2. The molecule has 5 nitrogen and oxygen atoms in total. The van der Waals surface area contributed by atoms with Gasteiger partial charge in [0.2, 0.25) is 11.8 Å². The summed E-state index contributed by atoms with van der Waals surface area (Å²) in [7, 11) is 1.61. The lowest BCUT2D eigenvalue weighted by molar-refractivity contribution is -0.140. The van der Waals surface area contributed by atoms with Crippen molar-refractivity contribution in [3.05, 3.63) is 64.7 Å². The Balaban J connectivity index is 2.26. The molecule has 1 atom stereocenters. The highest BCUT2D eigenvalue weighted by Crippen LogP contribution is 2.18. The van der Waals surface area contributed by atoms with Gasteiger partial charge in [0, 0.05) is 18.1 Å². The van der Waals surface area contributed by atoms with Crippen molar-refractivity contribution in [3.63, 3.8) is 0 Å². The second kappa shape index (κ2) is 11.5. The second-order valence-electron chi connectivity index (χ2n) is 6.89. The number of nitrogens with zero attached hydrogens (tertiary/aromatic N) is 1. The predicted molar refractivity (Wildman–Crippen MR) is 116 cm³/mol. The van der Waals surface area contributed by atoms with Crippen molar-refractivity contribution in [2.24, 2.45) is 0 Å². The molecule has 2 aromatic carbocycles. The molecule has 0 spiro atoms. The van der Waals surface area contributed by atoms with Crippen LogP contribution in [-0.4, -0.2) is 36.4 Å². The third kappa shape index (κ3) is 6.79. The number of carbonyl (C=O) groups excluding carboxylic acids is 2. The first-order chi connectivity index (χ1) is 14.0. The van der Waals surface area contributed by atoms with Gasteiger partial charge in [-0.25, -0.2) is 0 Å². The predicted octanol–water partition coefficient (Wildman–Crippen LogP) is 4.22. The minimum Gasteiger partial charge on any atom is -0.497 e. The first-order valence-corrected chi connectivity index (χ1v) is 10.3. The van der Waals surface area contributed by atoms with Crippen molar-refractivity contribution in [2.45, 2.75) is 45.7 Å². The lowest BCUT2D eigenvalue weighted by Crippen LogP contribution is -2.49. The van der Waals surface area contributed by atoms with E-state index in [0.717, 1.165) is 23.3 Å². The van der Waals surface area contributed by atoms with Gasteiger partial charge in [-0.3, -0.25) is 9.59 Å². The number of rotatable bonds is 10. The van der Waals surface area contributed by atoms with Crippen LogP contribution >= 0.6 is 11.6 Å². The number of amides is 2. The van der Waals surface area contributed by atoms with E-state index in [4.69, 9.17) is 16.3 Å². The number of benzene rings is 2. The molecule has 156 valence electrons. The Morgan fingerprint density at radius 2 is 1.83 bits per heavy atom. The highest BCUT2D eigenvalue weighted by molar-refractivity contribution is 6.30. The van der Waals surface area contributed by atoms with E-state index in [1.165, 1.54) is 0 Å². The van der Waals surface area contributed by atoms with Gasteiger partial charge >= 0.3 is 0 Å². The Bertz CT molecular complexity index is 808. The molecule has 0 fully saturated rings. The molecular weight excluding hydrogens is 388 g/mol. The van der Waals surface area contributed by atoms with Gasteiger partial charge in [-0.1, -0.05) is 49.7 Å². The molecule has 0 saturated heterocycles. The van der Waals surface area contributed by atoms with E-state index in [1.54, 1.807) is 24.1 Å². The van der Waals surface area contributed by atoms with Gasteiger partial charge in [0.05, 0.1) is 13.5 Å². The Labute approximate surface area is 178 Å². The first-order valence-electron chi connectivity index (χ1n) is 9.93. The summed E-state index contributed by atoms with van der Waals surface area (Å²) in [5, 5.41) is 3.51. The summed E-state index contributed by atoms with van der Waals surface area (Å²) in [6, 6.07) is 14.2. The molecule has 1 N–H and O–H groups in total. The number of hydrogen-bond donors (Lipinski definition) is 1. The Kier molecular flexibility index (Phi) is 9.00. The van der Waals surface area contributed by atoms with Crippen LogP contribution in [-0.2, 0) is 22.6 Å². The number of carbonyl (C=O) groups is 2. The number of hydrogen-bond acceptors (Lipinski definition) is 3. The third-order valence-corrected chi connectivity index (χ3v) is 4.93. The van der Waals surface area contributed by atoms with E-state index in [2.05, 4.69) is 5.32 Å². The minimum atomic E-state index is -0.532. The second-order valence-corrected chi connectivity index (χ2v) is 7.33. The van der Waals surface area contributed by atoms with Crippen LogP contribution in [0.5, 0.6) is 5.75 Å². The number of nitrogens with one attached hydrogen (secondary N) is 1. The molecule has 2 amide bonds. The largest absolute Gasteiger partial charge is 0.497 e. The Hall–Kier alpha value is -2.53. The average molecular weight is 417 g/mol. The highest BCUT2D eigenvalue weighted by Gasteiger charge is 2.28. The fourth-order valence-electron chi connectivity index (χ4n) is 3.14. The fourth-order valence-corrected chi connectivity index (χ4v) is 3.35. The molecule has 2 aromatic rings. The Morgan fingerprint density at radius 3 is 2.41 bits per heavy atom. The van der Waals surface area contributed by atoms with Crippen LogP contribution in [0, 0.1) is 0 Å². The van der Waals surface area contributed by atoms with Crippen LogP contribution < -0.4 is 10.1 Å². The summed E-state index contributed by atoms with van der Waals surface area (Å²) in [5.74, 6) is 0.516. The summed E-state index contributed by atoms with van der Waals surface area (Å²) >= 11 is 6.06. The fraction of sp³-hybridized carbons (Fsp3) is 0.391. The molecule has 0 aliphatic heterocycles. The van der Waals surface area contributed by atoms with E-state index >= 15 is 0 Å². The maximum absolute atomic E-state index is 13.2. The summed E-state index contributed by atoms with van der Waals surface area (Å²) in [6.07, 6.45) is 1.57. The van der Waals surface area contributed by atoms with Crippen LogP contribution in [0.1, 0.15) is 37.8 Å². The molecule has 0 aliphatic rings. The van der Waals surface area contributed by atoms with E-state index in [0.29, 0.717) is 24.5 Å².